The summed E-state index contributed by atoms with van der Waals surface area (Å²) in [6.45, 7) is 63.4. The van der Waals surface area contributed by atoms with Gasteiger partial charge in [0, 0.05) is 0 Å². The molecule has 0 aliphatic rings. The number of nitrogens with zero attached hydrogens (tertiary/aromatic N) is 8. The maximum Gasteiger partial charge on any atom is 4.00 e. The topological polar surface area (TPSA) is 129 Å². The third kappa shape index (κ3) is 46.6. The molecule has 10 heteroatoms. The van der Waals surface area contributed by atoms with Crippen LogP contribution in [-0.4, -0.2) is 39.2 Å². The van der Waals surface area contributed by atoms with Crippen molar-refractivity contribution in [2.75, 3.05) is 0 Å². The minimum atomic E-state index is 0. The zero-order valence-corrected chi connectivity index (χ0v) is 65.8. The van der Waals surface area contributed by atoms with Crippen LogP contribution in [0.2, 0.25) is 0 Å². The fourth-order valence-corrected chi connectivity index (χ4v) is 8.41. The van der Waals surface area contributed by atoms with E-state index in [1.54, 1.807) is 0 Å². The summed E-state index contributed by atoms with van der Waals surface area (Å²) >= 11 is 0. The van der Waals surface area contributed by atoms with E-state index in [0.717, 1.165) is 40.1 Å². The maximum absolute atomic E-state index is 6.88. The fourth-order valence-electron chi connectivity index (χ4n) is 8.41. The van der Waals surface area contributed by atoms with E-state index in [-0.39, 0.29) is 95.5 Å². The molecular weight excluding hydrogens is 1460 g/mol. The standard InChI is InChI=1S/6C12H18N.CN2.2U/c6*1-9-6-10(2)8-11(7-9)13-12(3,4)5;2-1-3;;/h6*6-8H,1-5H3;;;/q6*-1;-2;2*+4. The number of benzene rings is 6. The second-order valence-electron chi connectivity index (χ2n) is 27.9. The minimum Gasteiger partial charge on any atom is -0.786 e. The number of hydrogen-bond acceptors (Lipinski definition) is 0. The van der Waals surface area contributed by atoms with Gasteiger partial charge in [-0.2, -0.15) is 0 Å². The first-order valence-corrected chi connectivity index (χ1v) is 28.5. The van der Waals surface area contributed by atoms with Gasteiger partial charge in [-0.15, -0.1) is 67.4 Å². The zero-order chi connectivity index (χ0) is 63.1. The Hall–Kier alpha value is -4.40. The molecule has 0 bridgehead atoms. The van der Waals surface area contributed by atoms with E-state index < -0.39 is 0 Å². The molecule has 0 amide bonds. The number of rotatable bonds is 6. The maximum atomic E-state index is 6.88. The van der Waals surface area contributed by atoms with Crippen LogP contribution in [0.1, 0.15) is 191 Å². The van der Waals surface area contributed by atoms with Crippen LogP contribution in [0.4, 0.5) is 34.1 Å². The average Bonchev–Trinajstić information content (AvgIpc) is 3.16. The molecule has 0 saturated heterocycles. The summed E-state index contributed by atoms with van der Waals surface area (Å²) in [6, 6.07) is 39.2. The number of aryl methyl sites for hydroxylation is 12. The Bertz CT molecular complexity index is 2260. The predicted molar refractivity (Wildman–Crippen MR) is 364 cm³/mol. The van der Waals surface area contributed by atoms with Crippen molar-refractivity contribution < 1.29 is 62.2 Å². The Balaban J connectivity index is -0.000000911. The van der Waals surface area contributed by atoms with Gasteiger partial charge in [0.2, 0.25) is 0 Å². The summed E-state index contributed by atoms with van der Waals surface area (Å²) in [7, 11) is 0. The third-order valence-electron chi connectivity index (χ3n) is 10.0. The van der Waals surface area contributed by atoms with Crippen LogP contribution < -0.4 is 0 Å². The second kappa shape index (κ2) is 37.2. The summed E-state index contributed by atoms with van der Waals surface area (Å²) in [4.78, 5) is 0. The minimum absolute atomic E-state index is 0. The Labute approximate surface area is 557 Å². The summed E-state index contributed by atoms with van der Waals surface area (Å²) in [5.74, 6) is 0. The van der Waals surface area contributed by atoms with E-state index in [1.165, 1.54) is 66.8 Å². The molecule has 6 aromatic rings. The molecule has 83 heavy (non-hydrogen) atoms. The van der Waals surface area contributed by atoms with Crippen LogP contribution in [0.5, 0.6) is 0 Å². The molecule has 0 fully saturated rings. The number of hydrogen-bond donors (Lipinski definition) is 0. The molecule has 0 aromatic heterocycles. The average molecular weight is 1570 g/mol. The SMILES string of the molecule is Cc1cc(C)cc([N-]C(C)(C)C)c1.Cc1cc(C)cc([N-]C(C)(C)C)c1.Cc1cc(C)cc([N-]C(C)(C)C)c1.Cc1cc(C)cc([N-]C(C)(C)C)c1.Cc1cc(C)cc([N-]C(C)(C)C)c1.Cc1cc(C)cc([N-]C(C)(C)C)c1.[N-]=C=[N-].[U+4].[U+4]. The summed E-state index contributed by atoms with van der Waals surface area (Å²) in [6.07, 6.45) is 0. The second-order valence-corrected chi connectivity index (χ2v) is 27.9. The molecular formula is C73H108N8U2. The van der Waals surface area contributed by atoms with Gasteiger partial charge in [-0.25, -0.2) is 0 Å². The smallest absolute Gasteiger partial charge is 0.786 e. The Kier molecular flexibility index (Phi) is 37.1. The van der Waals surface area contributed by atoms with Crippen molar-refractivity contribution in [3.8, 4) is 0 Å². The van der Waals surface area contributed by atoms with Gasteiger partial charge in [-0.05, 0) is 83.1 Å². The Morgan fingerprint density at radius 1 is 0.205 bits per heavy atom. The Morgan fingerprint density at radius 3 is 0.337 bits per heavy atom. The van der Waals surface area contributed by atoms with Crippen molar-refractivity contribution in [3.05, 3.63) is 219 Å². The molecule has 6 rings (SSSR count). The van der Waals surface area contributed by atoms with Gasteiger partial charge in [0.05, 0.1) is 0 Å². The largest absolute Gasteiger partial charge is 4.00 e. The predicted octanol–water partition coefficient (Wildman–Crippen LogP) is 24.9. The summed E-state index contributed by atoms with van der Waals surface area (Å²) < 4.78 is 0. The van der Waals surface area contributed by atoms with E-state index in [9.17, 15) is 0 Å². The van der Waals surface area contributed by atoms with E-state index in [1.807, 2.05) is 0 Å². The van der Waals surface area contributed by atoms with E-state index in [2.05, 4.69) is 349 Å². The molecule has 0 spiro atoms. The zero-order valence-electron chi connectivity index (χ0n) is 57.5. The molecule has 448 valence electrons. The van der Waals surface area contributed by atoms with Crippen molar-refractivity contribution in [1.82, 2.24) is 0 Å². The van der Waals surface area contributed by atoms with Gasteiger partial charge in [0.15, 0.2) is 0 Å². The van der Waals surface area contributed by atoms with Crippen LogP contribution in [0.15, 0.2) is 109 Å². The molecule has 6 aromatic carbocycles. The first kappa shape index (κ1) is 82.8. The van der Waals surface area contributed by atoms with Gasteiger partial charge < -0.3 is 48.7 Å². The van der Waals surface area contributed by atoms with Gasteiger partial charge in [-0.3, -0.25) is 0 Å². The van der Waals surface area contributed by atoms with Crippen molar-refractivity contribution in [1.29, 1.82) is 0 Å². The molecule has 8 nitrogen and oxygen atoms in total. The van der Waals surface area contributed by atoms with E-state index in [4.69, 9.17) is 10.8 Å². The van der Waals surface area contributed by atoms with Crippen LogP contribution in [0.25, 0.3) is 42.7 Å². The van der Waals surface area contributed by atoms with Crippen molar-refractivity contribution in [2.45, 2.75) is 241 Å². The van der Waals surface area contributed by atoms with Gasteiger partial charge >= 0.3 is 62.2 Å². The van der Waals surface area contributed by atoms with Crippen LogP contribution >= 0.6 is 0 Å². The molecule has 0 radical (unpaired) electrons. The summed E-state index contributed by atoms with van der Waals surface area (Å²) in [5, 5.41) is 41.4. The molecule has 0 heterocycles. The van der Waals surface area contributed by atoms with E-state index in [0.29, 0.717) is 0 Å². The van der Waals surface area contributed by atoms with Crippen molar-refractivity contribution in [2.24, 2.45) is 0 Å². The van der Waals surface area contributed by atoms with Crippen molar-refractivity contribution in [3.63, 3.8) is 0 Å². The Morgan fingerprint density at radius 2 is 0.277 bits per heavy atom. The van der Waals surface area contributed by atoms with Crippen LogP contribution in [0.3, 0.4) is 0 Å². The van der Waals surface area contributed by atoms with Gasteiger partial charge in [0.25, 0.3) is 0 Å². The molecule has 0 aliphatic carbocycles. The van der Waals surface area contributed by atoms with Crippen LogP contribution in [0, 0.1) is 145 Å². The fraction of sp³-hybridized carbons (Fsp3) is 0.493. The third-order valence-corrected chi connectivity index (χ3v) is 10.0. The quantitative estimate of drug-likeness (QED) is 0.147. The summed E-state index contributed by atoms with van der Waals surface area (Å²) in [5.41, 5.74) is 22.0. The molecule has 0 atom stereocenters. The van der Waals surface area contributed by atoms with Crippen molar-refractivity contribution >= 4 is 40.1 Å². The first-order valence-electron chi connectivity index (χ1n) is 28.5. The normalized spacial score (nSPS) is 10.9. The van der Waals surface area contributed by atoms with E-state index >= 15 is 0 Å². The van der Waals surface area contributed by atoms with Crippen LogP contribution in [-0.2, 0) is 0 Å². The monoisotopic (exact) mass is 1570 g/mol. The first-order chi connectivity index (χ1) is 36.6. The van der Waals surface area contributed by atoms with Gasteiger partial charge in [-0.1, -0.05) is 301 Å². The molecule has 0 unspecified atom stereocenters. The molecule has 0 saturated carbocycles. The molecule has 0 N–H and O–H groups in total. The van der Waals surface area contributed by atoms with Gasteiger partial charge in [0.1, 0.15) is 0 Å². The molecule has 0 aliphatic heterocycles.